The lowest BCUT2D eigenvalue weighted by Gasteiger charge is -2.21. The van der Waals surface area contributed by atoms with Gasteiger partial charge in [0.05, 0.1) is 27.4 Å². The Kier molecular flexibility index (Phi) is 5.06. The Labute approximate surface area is 125 Å². The summed E-state index contributed by atoms with van der Waals surface area (Å²) in [6.07, 6.45) is 0. The van der Waals surface area contributed by atoms with Crippen LogP contribution in [-0.2, 0) is 0 Å². The first kappa shape index (κ1) is 15.2. The number of hydrogen-bond acceptors (Lipinski definition) is 4. The Bertz CT molecular complexity index is 598. The van der Waals surface area contributed by atoms with Crippen molar-refractivity contribution in [3.8, 4) is 17.2 Å². The molecule has 1 unspecified atom stereocenters. The van der Waals surface area contributed by atoms with E-state index in [0.29, 0.717) is 0 Å². The quantitative estimate of drug-likeness (QED) is 0.886. The first-order chi connectivity index (χ1) is 10.2. The van der Waals surface area contributed by atoms with Crippen molar-refractivity contribution in [1.29, 1.82) is 0 Å². The van der Waals surface area contributed by atoms with Crippen LogP contribution in [0.2, 0.25) is 0 Å². The highest BCUT2D eigenvalue weighted by molar-refractivity contribution is 5.51. The van der Waals surface area contributed by atoms with E-state index in [4.69, 9.17) is 14.2 Å². The first-order valence-electron chi connectivity index (χ1n) is 6.77. The van der Waals surface area contributed by atoms with E-state index in [1.54, 1.807) is 21.3 Å². The summed E-state index contributed by atoms with van der Waals surface area (Å²) in [7, 11) is 6.88. The van der Waals surface area contributed by atoms with Gasteiger partial charge in [0.2, 0.25) is 0 Å². The highest BCUT2D eigenvalue weighted by Gasteiger charge is 2.19. The highest BCUT2D eigenvalue weighted by atomic mass is 16.5. The topological polar surface area (TPSA) is 39.7 Å². The maximum atomic E-state index is 5.53. The fourth-order valence-electron chi connectivity index (χ4n) is 2.46. The third kappa shape index (κ3) is 3.11. The Morgan fingerprint density at radius 1 is 0.905 bits per heavy atom. The zero-order chi connectivity index (χ0) is 15.2. The minimum Gasteiger partial charge on any atom is -0.497 e. The molecule has 0 saturated carbocycles. The Morgan fingerprint density at radius 3 is 2.29 bits per heavy atom. The van der Waals surface area contributed by atoms with Crippen LogP contribution < -0.4 is 19.5 Å². The van der Waals surface area contributed by atoms with Crippen LogP contribution in [-0.4, -0.2) is 28.4 Å². The molecule has 2 rings (SSSR count). The summed E-state index contributed by atoms with van der Waals surface area (Å²) in [5, 5.41) is 3.32. The van der Waals surface area contributed by atoms with Crippen LogP contribution in [0.3, 0.4) is 0 Å². The van der Waals surface area contributed by atoms with Gasteiger partial charge in [0.25, 0.3) is 0 Å². The second-order valence-electron chi connectivity index (χ2n) is 4.58. The molecule has 0 heterocycles. The minimum atomic E-state index is -0.00912. The van der Waals surface area contributed by atoms with Crippen molar-refractivity contribution in [1.82, 2.24) is 5.32 Å². The molecule has 0 amide bonds. The van der Waals surface area contributed by atoms with Gasteiger partial charge in [-0.05, 0) is 30.8 Å². The standard InChI is InChI=1S/C17H21NO3/c1-18-16(12-7-5-8-13(11-12)19-2)14-9-6-10-15(20-3)17(14)21-4/h5-11,16,18H,1-4H3. The molecule has 0 aliphatic carbocycles. The smallest absolute Gasteiger partial charge is 0.165 e. The molecule has 4 nitrogen and oxygen atoms in total. The van der Waals surface area contributed by atoms with Crippen molar-refractivity contribution in [2.24, 2.45) is 0 Å². The van der Waals surface area contributed by atoms with E-state index in [9.17, 15) is 0 Å². The minimum absolute atomic E-state index is 0.00912. The molecule has 0 bridgehead atoms. The van der Waals surface area contributed by atoms with Crippen LogP contribution in [0.1, 0.15) is 17.2 Å². The van der Waals surface area contributed by atoms with E-state index in [1.165, 1.54) is 0 Å². The lowest BCUT2D eigenvalue weighted by atomic mass is 9.97. The largest absolute Gasteiger partial charge is 0.497 e. The van der Waals surface area contributed by atoms with Crippen molar-refractivity contribution in [2.75, 3.05) is 28.4 Å². The molecule has 0 fully saturated rings. The van der Waals surface area contributed by atoms with Crippen LogP contribution in [0.15, 0.2) is 42.5 Å². The predicted octanol–water partition coefficient (Wildman–Crippen LogP) is 3.02. The summed E-state index contributed by atoms with van der Waals surface area (Å²) in [5.41, 5.74) is 2.12. The maximum absolute atomic E-state index is 5.53. The van der Waals surface area contributed by atoms with E-state index in [1.807, 2.05) is 43.4 Å². The summed E-state index contributed by atoms with van der Waals surface area (Å²) >= 11 is 0. The highest BCUT2D eigenvalue weighted by Crippen LogP contribution is 2.37. The van der Waals surface area contributed by atoms with Gasteiger partial charge in [0, 0.05) is 5.56 Å². The third-order valence-electron chi connectivity index (χ3n) is 3.46. The summed E-state index contributed by atoms with van der Waals surface area (Å²) in [6, 6.07) is 13.8. The SMILES string of the molecule is CNC(c1cccc(OC)c1)c1cccc(OC)c1OC. The van der Waals surface area contributed by atoms with E-state index < -0.39 is 0 Å². The summed E-state index contributed by atoms with van der Waals surface area (Å²) < 4.78 is 16.2. The fraction of sp³-hybridized carbons (Fsp3) is 0.294. The van der Waals surface area contributed by atoms with Crippen molar-refractivity contribution >= 4 is 0 Å². The average Bonchev–Trinajstić information content (AvgIpc) is 2.55. The van der Waals surface area contributed by atoms with Crippen molar-refractivity contribution in [2.45, 2.75) is 6.04 Å². The van der Waals surface area contributed by atoms with Crippen LogP contribution in [0.4, 0.5) is 0 Å². The predicted molar refractivity (Wildman–Crippen MR) is 83.4 cm³/mol. The van der Waals surface area contributed by atoms with Gasteiger partial charge in [0.15, 0.2) is 11.5 Å². The van der Waals surface area contributed by atoms with Gasteiger partial charge in [0.1, 0.15) is 5.75 Å². The van der Waals surface area contributed by atoms with Crippen LogP contribution >= 0.6 is 0 Å². The molecule has 0 aliphatic heterocycles. The Morgan fingerprint density at radius 2 is 1.67 bits per heavy atom. The molecule has 1 N–H and O–H groups in total. The summed E-state index contributed by atoms with van der Waals surface area (Å²) in [5.74, 6) is 2.29. The molecule has 0 aromatic heterocycles. The van der Waals surface area contributed by atoms with Crippen LogP contribution in [0.25, 0.3) is 0 Å². The van der Waals surface area contributed by atoms with Gasteiger partial charge >= 0.3 is 0 Å². The number of hydrogen-bond donors (Lipinski definition) is 1. The zero-order valence-electron chi connectivity index (χ0n) is 12.8. The molecular formula is C17H21NO3. The van der Waals surface area contributed by atoms with Crippen LogP contribution in [0.5, 0.6) is 17.2 Å². The van der Waals surface area contributed by atoms with Gasteiger partial charge < -0.3 is 19.5 Å². The van der Waals surface area contributed by atoms with Gasteiger partial charge in [-0.1, -0.05) is 24.3 Å². The molecule has 21 heavy (non-hydrogen) atoms. The molecule has 0 radical (unpaired) electrons. The molecule has 4 heteroatoms. The number of methoxy groups -OCH3 is 3. The lowest BCUT2D eigenvalue weighted by Crippen LogP contribution is -2.18. The van der Waals surface area contributed by atoms with Crippen molar-refractivity contribution in [3.63, 3.8) is 0 Å². The Balaban J connectivity index is 2.50. The van der Waals surface area contributed by atoms with Crippen molar-refractivity contribution in [3.05, 3.63) is 53.6 Å². The van der Waals surface area contributed by atoms with Gasteiger partial charge in [-0.2, -0.15) is 0 Å². The zero-order valence-corrected chi connectivity index (χ0v) is 12.8. The number of nitrogens with one attached hydrogen (secondary N) is 1. The third-order valence-corrected chi connectivity index (χ3v) is 3.46. The lowest BCUT2D eigenvalue weighted by molar-refractivity contribution is 0.349. The molecule has 0 spiro atoms. The van der Waals surface area contributed by atoms with Gasteiger partial charge in [-0.25, -0.2) is 0 Å². The molecular weight excluding hydrogens is 266 g/mol. The monoisotopic (exact) mass is 287 g/mol. The van der Waals surface area contributed by atoms with Gasteiger partial charge in [-0.3, -0.25) is 0 Å². The van der Waals surface area contributed by atoms with Crippen LogP contribution in [0, 0.1) is 0 Å². The summed E-state index contributed by atoms with van der Waals surface area (Å²) in [6.45, 7) is 0. The van der Waals surface area contributed by atoms with Crippen molar-refractivity contribution < 1.29 is 14.2 Å². The number of rotatable bonds is 6. The molecule has 2 aromatic rings. The van der Waals surface area contributed by atoms with Gasteiger partial charge in [-0.15, -0.1) is 0 Å². The molecule has 1 atom stereocenters. The first-order valence-corrected chi connectivity index (χ1v) is 6.77. The number of para-hydroxylation sites is 1. The number of ether oxygens (including phenoxy) is 3. The average molecular weight is 287 g/mol. The molecule has 0 saturated heterocycles. The number of benzene rings is 2. The van der Waals surface area contributed by atoms with E-state index >= 15 is 0 Å². The molecule has 112 valence electrons. The molecule has 0 aliphatic rings. The maximum Gasteiger partial charge on any atom is 0.165 e. The second-order valence-corrected chi connectivity index (χ2v) is 4.58. The van der Waals surface area contributed by atoms with E-state index in [0.717, 1.165) is 28.4 Å². The normalized spacial score (nSPS) is 11.8. The molecule has 2 aromatic carbocycles. The summed E-state index contributed by atoms with van der Waals surface area (Å²) in [4.78, 5) is 0. The second kappa shape index (κ2) is 6.99. The van der Waals surface area contributed by atoms with E-state index in [-0.39, 0.29) is 6.04 Å². The Hall–Kier alpha value is -2.20. The van der Waals surface area contributed by atoms with E-state index in [2.05, 4.69) is 11.4 Å². The fourth-order valence-corrected chi connectivity index (χ4v) is 2.46.